The van der Waals surface area contributed by atoms with E-state index < -0.39 is 4.92 Å². The maximum atomic E-state index is 10.5. The number of methoxy groups -OCH3 is 1. The molecule has 1 aromatic carbocycles. The van der Waals surface area contributed by atoms with E-state index in [0.29, 0.717) is 0 Å². The molecular formula is C13H20N2O3. The summed E-state index contributed by atoms with van der Waals surface area (Å²) < 4.78 is 5.37. The summed E-state index contributed by atoms with van der Waals surface area (Å²) in [4.78, 5) is 10.1. The second-order valence-electron chi connectivity index (χ2n) is 5.02. The van der Waals surface area contributed by atoms with Gasteiger partial charge in [0.1, 0.15) is 0 Å². The average molecular weight is 252 g/mol. The molecule has 100 valence electrons. The van der Waals surface area contributed by atoms with Crippen LogP contribution in [0.25, 0.3) is 0 Å². The Morgan fingerprint density at radius 3 is 2.39 bits per heavy atom. The summed E-state index contributed by atoms with van der Waals surface area (Å²) in [5.41, 5.74) is 0.790. The van der Waals surface area contributed by atoms with Gasteiger partial charge in [-0.2, -0.15) is 0 Å². The molecule has 0 amide bonds. The molecule has 1 atom stereocenters. The number of nitro groups is 1. The number of ether oxygens (including phenoxy) is 1. The topological polar surface area (TPSA) is 64.4 Å². The second kappa shape index (κ2) is 5.82. The molecule has 1 unspecified atom stereocenters. The Balaban J connectivity index is 2.59. The molecule has 18 heavy (non-hydrogen) atoms. The molecule has 0 saturated carbocycles. The minimum atomic E-state index is -0.402. The molecular weight excluding hydrogens is 232 g/mol. The van der Waals surface area contributed by atoms with Crippen molar-refractivity contribution >= 4 is 11.4 Å². The Morgan fingerprint density at radius 2 is 1.94 bits per heavy atom. The van der Waals surface area contributed by atoms with Crippen molar-refractivity contribution in [2.45, 2.75) is 38.8 Å². The Bertz CT molecular complexity index is 401. The van der Waals surface area contributed by atoms with E-state index in [2.05, 4.69) is 12.2 Å². The first-order valence-electron chi connectivity index (χ1n) is 5.90. The van der Waals surface area contributed by atoms with Gasteiger partial charge in [-0.25, -0.2) is 0 Å². The maximum absolute atomic E-state index is 10.5. The van der Waals surface area contributed by atoms with Gasteiger partial charge in [0, 0.05) is 31.0 Å². The SMILES string of the molecule is COC(C)(C)CC(C)Nc1ccc([N+](=O)[O-])cc1. The van der Waals surface area contributed by atoms with E-state index in [1.165, 1.54) is 12.1 Å². The highest BCUT2D eigenvalue weighted by molar-refractivity contribution is 5.49. The quantitative estimate of drug-likeness (QED) is 0.623. The molecule has 1 N–H and O–H groups in total. The number of nitrogens with one attached hydrogen (secondary N) is 1. The molecule has 0 bridgehead atoms. The monoisotopic (exact) mass is 252 g/mol. The third kappa shape index (κ3) is 4.33. The number of benzene rings is 1. The third-order valence-corrected chi connectivity index (χ3v) is 2.84. The van der Waals surface area contributed by atoms with Gasteiger partial charge in [-0.05, 0) is 39.3 Å². The third-order valence-electron chi connectivity index (χ3n) is 2.84. The number of nitrogens with zero attached hydrogens (tertiary/aromatic N) is 1. The lowest BCUT2D eigenvalue weighted by Crippen LogP contribution is -2.31. The zero-order valence-electron chi connectivity index (χ0n) is 11.3. The highest BCUT2D eigenvalue weighted by Crippen LogP contribution is 2.20. The largest absolute Gasteiger partial charge is 0.382 e. The Kier molecular flexibility index (Phi) is 4.67. The molecule has 0 aliphatic heterocycles. The van der Waals surface area contributed by atoms with Crippen LogP contribution in [0.4, 0.5) is 11.4 Å². The van der Waals surface area contributed by atoms with Crippen molar-refractivity contribution in [1.29, 1.82) is 0 Å². The van der Waals surface area contributed by atoms with E-state index in [0.717, 1.165) is 12.1 Å². The molecule has 0 heterocycles. The molecule has 0 aliphatic carbocycles. The van der Waals surface area contributed by atoms with Gasteiger partial charge >= 0.3 is 0 Å². The molecule has 0 saturated heterocycles. The molecule has 1 rings (SSSR count). The van der Waals surface area contributed by atoms with Gasteiger partial charge in [0.25, 0.3) is 5.69 Å². The van der Waals surface area contributed by atoms with Gasteiger partial charge in [-0.1, -0.05) is 0 Å². The number of hydrogen-bond donors (Lipinski definition) is 1. The lowest BCUT2D eigenvalue weighted by atomic mass is 10.00. The number of nitro benzene ring substituents is 1. The number of rotatable bonds is 6. The van der Waals surface area contributed by atoms with Gasteiger partial charge < -0.3 is 10.1 Å². The van der Waals surface area contributed by atoms with Crippen LogP contribution in [0.1, 0.15) is 27.2 Å². The van der Waals surface area contributed by atoms with Crippen molar-refractivity contribution < 1.29 is 9.66 Å². The standard InChI is InChI=1S/C13H20N2O3/c1-10(9-13(2,3)18-4)14-11-5-7-12(8-6-11)15(16)17/h5-8,10,14H,9H2,1-4H3. The van der Waals surface area contributed by atoms with Gasteiger partial charge in [-0.3, -0.25) is 10.1 Å². The summed E-state index contributed by atoms with van der Waals surface area (Å²) in [5, 5.41) is 13.8. The fourth-order valence-corrected chi connectivity index (χ4v) is 1.84. The molecule has 1 aromatic rings. The fourth-order valence-electron chi connectivity index (χ4n) is 1.84. The number of anilines is 1. The Labute approximate surface area is 107 Å². The lowest BCUT2D eigenvalue weighted by molar-refractivity contribution is -0.384. The highest BCUT2D eigenvalue weighted by atomic mass is 16.6. The fraction of sp³-hybridized carbons (Fsp3) is 0.538. The number of hydrogen-bond acceptors (Lipinski definition) is 4. The first-order chi connectivity index (χ1) is 8.34. The summed E-state index contributed by atoms with van der Waals surface area (Å²) in [7, 11) is 1.69. The van der Waals surface area contributed by atoms with Crippen LogP contribution in [0, 0.1) is 10.1 Å². The van der Waals surface area contributed by atoms with Crippen LogP contribution >= 0.6 is 0 Å². The first kappa shape index (κ1) is 14.4. The molecule has 0 aliphatic rings. The molecule has 0 fully saturated rings. The van der Waals surface area contributed by atoms with E-state index in [1.807, 2.05) is 13.8 Å². The molecule has 0 spiro atoms. The van der Waals surface area contributed by atoms with Gasteiger partial charge in [0.2, 0.25) is 0 Å². The summed E-state index contributed by atoms with van der Waals surface area (Å²) in [6.45, 7) is 6.12. The van der Waals surface area contributed by atoms with Crippen LogP contribution < -0.4 is 5.32 Å². The van der Waals surface area contributed by atoms with E-state index in [9.17, 15) is 10.1 Å². The summed E-state index contributed by atoms with van der Waals surface area (Å²) in [6, 6.07) is 6.65. The summed E-state index contributed by atoms with van der Waals surface area (Å²) in [6.07, 6.45) is 0.848. The zero-order valence-corrected chi connectivity index (χ0v) is 11.3. The van der Waals surface area contributed by atoms with Crippen molar-refractivity contribution in [1.82, 2.24) is 0 Å². The molecule has 0 radical (unpaired) electrons. The van der Waals surface area contributed by atoms with Crippen LogP contribution in [-0.2, 0) is 4.74 Å². The van der Waals surface area contributed by atoms with Crippen molar-refractivity contribution in [3.05, 3.63) is 34.4 Å². The van der Waals surface area contributed by atoms with Crippen LogP contribution in [0.5, 0.6) is 0 Å². The van der Waals surface area contributed by atoms with Gasteiger partial charge in [0.15, 0.2) is 0 Å². The normalized spacial score (nSPS) is 13.1. The highest BCUT2D eigenvalue weighted by Gasteiger charge is 2.20. The van der Waals surface area contributed by atoms with Crippen LogP contribution in [0.2, 0.25) is 0 Å². The van der Waals surface area contributed by atoms with E-state index in [4.69, 9.17) is 4.74 Å². The summed E-state index contributed by atoms with van der Waals surface area (Å²) >= 11 is 0. The maximum Gasteiger partial charge on any atom is 0.269 e. The smallest absolute Gasteiger partial charge is 0.269 e. The zero-order chi connectivity index (χ0) is 13.8. The molecule has 5 nitrogen and oxygen atoms in total. The van der Waals surface area contributed by atoms with Crippen molar-refractivity contribution in [3.8, 4) is 0 Å². The first-order valence-corrected chi connectivity index (χ1v) is 5.90. The Morgan fingerprint density at radius 1 is 1.39 bits per heavy atom. The predicted molar refractivity (Wildman–Crippen MR) is 71.9 cm³/mol. The van der Waals surface area contributed by atoms with E-state index in [1.54, 1.807) is 19.2 Å². The average Bonchev–Trinajstić information content (AvgIpc) is 2.29. The molecule has 0 aromatic heterocycles. The minimum Gasteiger partial charge on any atom is -0.382 e. The second-order valence-corrected chi connectivity index (χ2v) is 5.02. The summed E-state index contributed by atoms with van der Waals surface area (Å²) in [5.74, 6) is 0. The Hall–Kier alpha value is -1.62. The van der Waals surface area contributed by atoms with Gasteiger partial charge in [0.05, 0.1) is 10.5 Å². The van der Waals surface area contributed by atoms with Crippen LogP contribution in [-0.4, -0.2) is 23.7 Å². The lowest BCUT2D eigenvalue weighted by Gasteiger charge is -2.27. The van der Waals surface area contributed by atoms with Crippen molar-refractivity contribution in [3.63, 3.8) is 0 Å². The van der Waals surface area contributed by atoms with Gasteiger partial charge in [-0.15, -0.1) is 0 Å². The molecule has 5 heteroatoms. The predicted octanol–water partition coefficient (Wildman–Crippen LogP) is 3.21. The number of non-ortho nitro benzene ring substituents is 1. The van der Waals surface area contributed by atoms with Crippen LogP contribution in [0.15, 0.2) is 24.3 Å². The van der Waals surface area contributed by atoms with E-state index >= 15 is 0 Å². The van der Waals surface area contributed by atoms with E-state index in [-0.39, 0.29) is 17.3 Å². The minimum absolute atomic E-state index is 0.102. The van der Waals surface area contributed by atoms with Crippen molar-refractivity contribution in [2.24, 2.45) is 0 Å². The van der Waals surface area contributed by atoms with Crippen molar-refractivity contribution in [2.75, 3.05) is 12.4 Å². The van der Waals surface area contributed by atoms with Crippen LogP contribution in [0.3, 0.4) is 0 Å².